The zero-order valence-corrected chi connectivity index (χ0v) is 12.8. The van der Waals surface area contributed by atoms with E-state index in [2.05, 4.69) is 9.97 Å². The van der Waals surface area contributed by atoms with Crippen LogP contribution >= 0.6 is 11.6 Å². The number of aromatic nitrogens is 2. The first-order chi connectivity index (χ1) is 10.8. The molecule has 0 aliphatic heterocycles. The maximum atomic E-state index is 5.92. The Labute approximate surface area is 133 Å². The third-order valence-corrected chi connectivity index (χ3v) is 3.68. The van der Waals surface area contributed by atoms with Gasteiger partial charge in [0.15, 0.2) is 0 Å². The second-order valence-electron chi connectivity index (χ2n) is 4.80. The monoisotopic (exact) mass is 314 g/mol. The molecule has 1 heterocycles. The minimum absolute atomic E-state index is 0.169. The van der Waals surface area contributed by atoms with E-state index in [1.807, 2.05) is 42.5 Å². The number of ether oxygens (including phenoxy) is 2. The molecule has 112 valence electrons. The van der Waals surface area contributed by atoms with E-state index in [-0.39, 0.29) is 6.10 Å². The van der Waals surface area contributed by atoms with Crippen molar-refractivity contribution >= 4 is 22.5 Å². The van der Waals surface area contributed by atoms with Gasteiger partial charge in [0.25, 0.3) is 0 Å². The van der Waals surface area contributed by atoms with Crippen LogP contribution in [0.3, 0.4) is 0 Å². The number of fused-ring (bicyclic) bond motifs is 1. The fourth-order valence-electron chi connectivity index (χ4n) is 2.25. The molecule has 3 aromatic rings. The summed E-state index contributed by atoms with van der Waals surface area (Å²) in [5, 5.41) is 1.58. The normalized spacial score (nSPS) is 12.3. The highest BCUT2D eigenvalue weighted by molar-refractivity contribution is 6.30. The lowest BCUT2D eigenvalue weighted by Crippen LogP contribution is -2.12. The molecule has 1 aromatic heterocycles. The summed E-state index contributed by atoms with van der Waals surface area (Å²) in [5.41, 5.74) is 1.87. The molecule has 0 bridgehead atoms. The van der Waals surface area contributed by atoms with Gasteiger partial charge in [0.1, 0.15) is 24.8 Å². The van der Waals surface area contributed by atoms with E-state index in [4.69, 9.17) is 21.1 Å². The minimum Gasteiger partial charge on any atom is -0.490 e. The molecule has 22 heavy (non-hydrogen) atoms. The lowest BCUT2D eigenvalue weighted by atomic mass is 10.1. The highest BCUT2D eigenvalue weighted by Gasteiger charge is 2.12. The number of halogens is 1. The number of hydrogen-bond acceptors (Lipinski definition) is 4. The molecule has 0 spiro atoms. The number of hydrogen-bond donors (Lipinski definition) is 0. The van der Waals surface area contributed by atoms with Crippen molar-refractivity contribution in [2.75, 3.05) is 13.7 Å². The Morgan fingerprint density at radius 2 is 1.95 bits per heavy atom. The first kappa shape index (κ1) is 14.8. The van der Waals surface area contributed by atoms with Crippen LogP contribution < -0.4 is 4.74 Å². The van der Waals surface area contributed by atoms with Crippen LogP contribution in [0.2, 0.25) is 5.02 Å². The summed E-state index contributed by atoms with van der Waals surface area (Å²) in [6.45, 7) is 0.395. The summed E-state index contributed by atoms with van der Waals surface area (Å²) in [4.78, 5) is 8.27. The van der Waals surface area contributed by atoms with E-state index < -0.39 is 0 Å². The predicted molar refractivity (Wildman–Crippen MR) is 86.2 cm³/mol. The van der Waals surface area contributed by atoms with Crippen LogP contribution in [0, 0.1) is 0 Å². The largest absolute Gasteiger partial charge is 0.490 e. The topological polar surface area (TPSA) is 44.2 Å². The molecule has 2 aromatic carbocycles. The van der Waals surface area contributed by atoms with Crippen molar-refractivity contribution in [3.8, 4) is 5.75 Å². The number of rotatable bonds is 5. The Morgan fingerprint density at radius 3 is 2.73 bits per heavy atom. The van der Waals surface area contributed by atoms with Gasteiger partial charge in [0, 0.05) is 18.3 Å². The summed E-state index contributed by atoms with van der Waals surface area (Å²) in [6, 6.07) is 13.3. The van der Waals surface area contributed by atoms with Crippen LogP contribution in [-0.4, -0.2) is 23.7 Å². The van der Waals surface area contributed by atoms with Gasteiger partial charge in [-0.2, -0.15) is 0 Å². The average molecular weight is 315 g/mol. The first-order valence-corrected chi connectivity index (χ1v) is 7.25. The van der Waals surface area contributed by atoms with E-state index in [0.717, 1.165) is 22.2 Å². The predicted octanol–water partition coefficient (Wildman–Crippen LogP) is 4.05. The fourth-order valence-corrected chi connectivity index (χ4v) is 2.37. The third-order valence-electron chi connectivity index (χ3n) is 3.43. The Morgan fingerprint density at radius 1 is 1.14 bits per heavy atom. The van der Waals surface area contributed by atoms with Gasteiger partial charge >= 0.3 is 0 Å². The lowest BCUT2D eigenvalue weighted by molar-refractivity contribution is 0.0581. The molecular weight excluding hydrogens is 300 g/mol. The Hall–Kier alpha value is -2.17. The molecule has 5 heteroatoms. The van der Waals surface area contributed by atoms with Crippen molar-refractivity contribution in [2.24, 2.45) is 0 Å². The van der Waals surface area contributed by atoms with Gasteiger partial charge in [-0.25, -0.2) is 9.97 Å². The standard InChI is InChI=1S/C17H15ClN2O2/c1-21-17(12-5-7-13(18)8-6-12)10-22-16-4-2-3-15-14(16)9-19-11-20-15/h2-9,11,17H,10H2,1H3. The molecule has 0 saturated carbocycles. The molecule has 0 saturated heterocycles. The van der Waals surface area contributed by atoms with E-state index >= 15 is 0 Å². The van der Waals surface area contributed by atoms with Crippen LogP contribution in [0.5, 0.6) is 5.75 Å². The molecule has 0 amide bonds. The van der Waals surface area contributed by atoms with Gasteiger partial charge in [0.05, 0.1) is 10.9 Å². The summed E-state index contributed by atoms with van der Waals surface area (Å²) in [5.74, 6) is 0.745. The van der Waals surface area contributed by atoms with E-state index in [1.54, 1.807) is 13.3 Å². The van der Waals surface area contributed by atoms with Crippen LogP contribution in [0.15, 0.2) is 55.0 Å². The second kappa shape index (κ2) is 6.73. The Balaban J connectivity index is 1.78. The van der Waals surface area contributed by atoms with E-state index in [0.29, 0.717) is 11.6 Å². The highest BCUT2D eigenvalue weighted by Crippen LogP contribution is 2.25. The second-order valence-corrected chi connectivity index (χ2v) is 5.24. The van der Waals surface area contributed by atoms with E-state index in [9.17, 15) is 0 Å². The molecule has 4 nitrogen and oxygen atoms in total. The minimum atomic E-state index is -0.169. The van der Waals surface area contributed by atoms with Crippen molar-refractivity contribution in [3.05, 3.63) is 65.6 Å². The molecule has 3 rings (SSSR count). The quantitative estimate of drug-likeness (QED) is 0.712. The first-order valence-electron chi connectivity index (χ1n) is 6.87. The van der Waals surface area contributed by atoms with Crippen molar-refractivity contribution in [1.82, 2.24) is 9.97 Å². The third kappa shape index (κ3) is 3.18. The van der Waals surface area contributed by atoms with Crippen molar-refractivity contribution in [1.29, 1.82) is 0 Å². The van der Waals surface area contributed by atoms with Gasteiger partial charge in [-0.1, -0.05) is 29.8 Å². The van der Waals surface area contributed by atoms with Gasteiger partial charge in [-0.15, -0.1) is 0 Å². The summed E-state index contributed by atoms with van der Waals surface area (Å²) >= 11 is 5.91. The fraction of sp³-hybridized carbons (Fsp3) is 0.176. The molecule has 0 radical (unpaired) electrons. The van der Waals surface area contributed by atoms with Crippen molar-refractivity contribution in [3.63, 3.8) is 0 Å². The maximum absolute atomic E-state index is 5.92. The molecule has 1 unspecified atom stereocenters. The summed E-state index contributed by atoms with van der Waals surface area (Å²) in [6.07, 6.45) is 3.11. The molecular formula is C17H15ClN2O2. The van der Waals surface area contributed by atoms with Gasteiger partial charge < -0.3 is 9.47 Å². The van der Waals surface area contributed by atoms with Crippen LogP contribution in [0.4, 0.5) is 0 Å². The Kier molecular flexibility index (Phi) is 4.51. The summed E-state index contributed by atoms with van der Waals surface area (Å²) < 4.78 is 11.4. The van der Waals surface area contributed by atoms with Crippen LogP contribution in [0.25, 0.3) is 10.9 Å². The van der Waals surface area contributed by atoms with Crippen LogP contribution in [-0.2, 0) is 4.74 Å². The SMILES string of the molecule is COC(COc1cccc2ncncc12)c1ccc(Cl)cc1. The van der Waals surface area contributed by atoms with Crippen molar-refractivity contribution in [2.45, 2.75) is 6.10 Å². The number of nitrogens with zero attached hydrogens (tertiary/aromatic N) is 2. The highest BCUT2D eigenvalue weighted by atomic mass is 35.5. The molecule has 0 aliphatic rings. The van der Waals surface area contributed by atoms with Gasteiger partial charge in [-0.05, 0) is 29.8 Å². The zero-order valence-electron chi connectivity index (χ0n) is 12.1. The summed E-state index contributed by atoms with van der Waals surface area (Å²) in [7, 11) is 1.66. The van der Waals surface area contributed by atoms with E-state index in [1.165, 1.54) is 6.33 Å². The maximum Gasteiger partial charge on any atom is 0.130 e. The molecule has 0 fully saturated rings. The average Bonchev–Trinajstić information content (AvgIpc) is 2.57. The lowest BCUT2D eigenvalue weighted by Gasteiger charge is -2.17. The smallest absolute Gasteiger partial charge is 0.130 e. The van der Waals surface area contributed by atoms with Gasteiger partial charge in [-0.3, -0.25) is 0 Å². The zero-order chi connectivity index (χ0) is 15.4. The van der Waals surface area contributed by atoms with Crippen molar-refractivity contribution < 1.29 is 9.47 Å². The van der Waals surface area contributed by atoms with Gasteiger partial charge in [0.2, 0.25) is 0 Å². The number of benzene rings is 2. The molecule has 0 aliphatic carbocycles. The number of methoxy groups -OCH3 is 1. The van der Waals surface area contributed by atoms with Crippen LogP contribution in [0.1, 0.15) is 11.7 Å². The molecule has 1 atom stereocenters. The molecule has 0 N–H and O–H groups in total. The Bertz CT molecular complexity index is 757.